The van der Waals surface area contributed by atoms with Gasteiger partial charge in [0.15, 0.2) is 0 Å². The molecule has 0 aliphatic heterocycles. The lowest BCUT2D eigenvalue weighted by Gasteiger charge is -2.12. The van der Waals surface area contributed by atoms with Gasteiger partial charge in [0, 0.05) is 31.9 Å². The molecule has 0 heterocycles. The lowest BCUT2D eigenvalue weighted by Crippen LogP contribution is -2.24. The number of rotatable bonds is 7. The monoisotopic (exact) mass is 366 g/mol. The number of hydrogen-bond donors (Lipinski definition) is 1. The molecule has 2 aromatic carbocycles. The number of alkyl halides is 3. The highest BCUT2D eigenvalue weighted by atomic mass is 19.4. The quantitative estimate of drug-likeness (QED) is 0.753. The molecule has 26 heavy (non-hydrogen) atoms. The van der Waals surface area contributed by atoms with E-state index >= 15 is 0 Å². The molecule has 140 valence electrons. The fourth-order valence-corrected chi connectivity index (χ4v) is 2.37. The van der Waals surface area contributed by atoms with Crippen LogP contribution < -0.4 is 15.0 Å². The van der Waals surface area contributed by atoms with Gasteiger partial charge in [-0.25, -0.2) is 0 Å². The van der Waals surface area contributed by atoms with E-state index in [1.807, 2.05) is 31.1 Å². The number of nitrogens with one attached hydrogen (secondary N) is 1. The first-order chi connectivity index (χ1) is 12.2. The molecular weight excluding hydrogens is 345 g/mol. The summed E-state index contributed by atoms with van der Waals surface area (Å²) in [7, 11) is 3.96. The van der Waals surface area contributed by atoms with Crippen molar-refractivity contribution in [1.82, 2.24) is 5.32 Å². The molecule has 0 saturated heterocycles. The van der Waals surface area contributed by atoms with Crippen molar-refractivity contribution in [2.75, 3.05) is 25.5 Å². The van der Waals surface area contributed by atoms with E-state index in [0.717, 1.165) is 30.7 Å². The zero-order chi connectivity index (χ0) is 19.2. The van der Waals surface area contributed by atoms with Crippen molar-refractivity contribution in [3.63, 3.8) is 0 Å². The summed E-state index contributed by atoms with van der Waals surface area (Å²) in [4.78, 5) is 14.0. The zero-order valence-corrected chi connectivity index (χ0v) is 14.6. The summed E-state index contributed by atoms with van der Waals surface area (Å²) in [6, 6.07) is 13.0. The molecule has 0 bridgehead atoms. The molecule has 4 nitrogen and oxygen atoms in total. The first-order valence-corrected chi connectivity index (χ1v) is 8.15. The van der Waals surface area contributed by atoms with Crippen LogP contribution in [0.3, 0.4) is 0 Å². The third-order valence-corrected chi connectivity index (χ3v) is 3.73. The standard InChI is InChI=1S/C19H21F3N2O2/c1-24(2)16-9-5-14(6-10-16)4-3-13-23-18(25)15-7-11-17(12-8-15)26-19(20,21)22/h5-12H,3-4,13H2,1-2H3,(H,23,25). The highest BCUT2D eigenvalue weighted by molar-refractivity contribution is 5.94. The van der Waals surface area contributed by atoms with Crippen LogP contribution in [0.25, 0.3) is 0 Å². The third kappa shape index (κ3) is 6.31. The van der Waals surface area contributed by atoms with Gasteiger partial charge in [-0.15, -0.1) is 13.2 Å². The molecule has 1 N–H and O–H groups in total. The summed E-state index contributed by atoms with van der Waals surface area (Å²) in [6.07, 6.45) is -3.15. The van der Waals surface area contributed by atoms with Gasteiger partial charge in [0.25, 0.3) is 5.91 Å². The van der Waals surface area contributed by atoms with Crippen LogP contribution in [0.2, 0.25) is 0 Å². The summed E-state index contributed by atoms with van der Waals surface area (Å²) in [6.45, 7) is 0.481. The Balaban J connectivity index is 1.76. The highest BCUT2D eigenvalue weighted by Crippen LogP contribution is 2.22. The number of nitrogens with zero attached hydrogens (tertiary/aromatic N) is 1. The van der Waals surface area contributed by atoms with Crippen LogP contribution in [-0.4, -0.2) is 32.9 Å². The molecule has 0 aliphatic rings. The molecule has 7 heteroatoms. The molecule has 0 saturated carbocycles. The third-order valence-electron chi connectivity index (χ3n) is 3.73. The normalized spacial score (nSPS) is 11.1. The van der Waals surface area contributed by atoms with Gasteiger partial charge in [0.2, 0.25) is 0 Å². The minimum absolute atomic E-state index is 0.287. The summed E-state index contributed by atoms with van der Waals surface area (Å²) < 4.78 is 40.1. The second-order valence-corrected chi connectivity index (χ2v) is 5.99. The van der Waals surface area contributed by atoms with Crippen LogP contribution in [0.4, 0.5) is 18.9 Å². The molecule has 0 aliphatic carbocycles. The number of hydrogen-bond acceptors (Lipinski definition) is 3. The number of halogens is 3. The molecule has 2 aromatic rings. The average Bonchev–Trinajstić information content (AvgIpc) is 2.58. The molecule has 0 unspecified atom stereocenters. The number of anilines is 1. The van der Waals surface area contributed by atoms with Gasteiger partial charge in [0.05, 0.1) is 0 Å². The van der Waals surface area contributed by atoms with E-state index in [4.69, 9.17) is 0 Å². The van der Waals surface area contributed by atoms with Crippen molar-refractivity contribution < 1.29 is 22.7 Å². The Morgan fingerprint density at radius 3 is 2.19 bits per heavy atom. The summed E-state index contributed by atoms with van der Waals surface area (Å²) >= 11 is 0. The van der Waals surface area contributed by atoms with Crippen molar-refractivity contribution in [3.8, 4) is 5.75 Å². The number of carbonyl (C=O) groups excluding carboxylic acids is 1. The molecule has 0 atom stereocenters. The van der Waals surface area contributed by atoms with Crippen LogP contribution in [0.15, 0.2) is 48.5 Å². The summed E-state index contributed by atoms with van der Waals surface area (Å²) in [5, 5.41) is 2.76. The molecule has 0 radical (unpaired) electrons. The van der Waals surface area contributed by atoms with Crippen LogP contribution in [0.5, 0.6) is 5.75 Å². The smallest absolute Gasteiger partial charge is 0.406 e. The fraction of sp³-hybridized carbons (Fsp3) is 0.316. The predicted molar refractivity (Wildman–Crippen MR) is 94.5 cm³/mol. The maximum Gasteiger partial charge on any atom is 0.573 e. The number of carbonyl (C=O) groups is 1. The van der Waals surface area contributed by atoms with E-state index in [1.165, 1.54) is 17.7 Å². The Kier molecular flexibility index (Phi) is 6.49. The first-order valence-electron chi connectivity index (χ1n) is 8.15. The molecule has 2 rings (SSSR count). The Labute approximate surface area is 150 Å². The van der Waals surface area contributed by atoms with Crippen LogP contribution >= 0.6 is 0 Å². The number of amides is 1. The minimum Gasteiger partial charge on any atom is -0.406 e. The zero-order valence-electron chi connectivity index (χ0n) is 14.6. The second kappa shape index (κ2) is 8.60. The predicted octanol–water partition coefficient (Wildman–Crippen LogP) is 4.01. The summed E-state index contributed by atoms with van der Waals surface area (Å²) in [5.41, 5.74) is 2.59. The molecule has 1 amide bonds. The molecule has 0 fully saturated rings. The van der Waals surface area contributed by atoms with Gasteiger partial charge in [-0.1, -0.05) is 12.1 Å². The van der Waals surface area contributed by atoms with E-state index < -0.39 is 6.36 Å². The topological polar surface area (TPSA) is 41.6 Å². The lowest BCUT2D eigenvalue weighted by molar-refractivity contribution is -0.274. The van der Waals surface area contributed by atoms with Crippen molar-refractivity contribution >= 4 is 11.6 Å². The Morgan fingerprint density at radius 2 is 1.65 bits per heavy atom. The van der Waals surface area contributed by atoms with Crippen LogP contribution in [0.1, 0.15) is 22.3 Å². The van der Waals surface area contributed by atoms with Crippen LogP contribution in [0, 0.1) is 0 Å². The SMILES string of the molecule is CN(C)c1ccc(CCCNC(=O)c2ccc(OC(F)(F)F)cc2)cc1. The molecule has 0 aromatic heterocycles. The number of aryl methyl sites for hydroxylation is 1. The van der Waals surface area contributed by atoms with E-state index in [1.54, 1.807) is 0 Å². The highest BCUT2D eigenvalue weighted by Gasteiger charge is 2.31. The second-order valence-electron chi connectivity index (χ2n) is 5.99. The van der Waals surface area contributed by atoms with Gasteiger partial charge < -0.3 is 15.0 Å². The van der Waals surface area contributed by atoms with Gasteiger partial charge in [-0.05, 0) is 54.8 Å². The van der Waals surface area contributed by atoms with Gasteiger partial charge in [0.1, 0.15) is 5.75 Å². The van der Waals surface area contributed by atoms with Crippen molar-refractivity contribution in [1.29, 1.82) is 0 Å². The van der Waals surface area contributed by atoms with E-state index in [0.29, 0.717) is 6.54 Å². The van der Waals surface area contributed by atoms with E-state index in [-0.39, 0.29) is 17.2 Å². The Morgan fingerprint density at radius 1 is 1.04 bits per heavy atom. The minimum atomic E-state index is -4.74. The van der Waals surface area contributed by atoms with E-state index in [9.17, 15) is 18.0 Å². The fourth-order valence-electron chi connectivity index (χ4n) is 2.37. The molecular formula is C19H21F3N2O2. The molecule has 0 spiro atoms. The largest absolute Gasteiger partial charge is 0.573 e. The number of benzene rings is 2. The Hall–Kier alpha value is -2.70. The average molecular weight is 366 g/mol. The van der Waals surface area contributed by atoms with Crippen LogP contribution in [-0.2, 0) is 6.42 Å². The maximum atomic E-state index is 12.1. The van der Waals surface area contributed by atoms with E-state index in [2.05, 4.69) is 22.2 Å². The number of ether oxygens (including phenoxy) is 1. The maximum absolute atomic E-state index is 12.1. The Bertz CT molecular complexity index is 711. The van der Waals surface area contributed by atoms with Crippen molar-refractivity contribution in [2.24, 2.45) is 0 Å². The van der Waals surface area contributed by atoms with Gasteiger partial charge in [-0.2, -0.15) is 0 Å². The summed E-state index contributed by atoms with van der Waals surface area (Å²) in [5.74, 6) is -0.679. The van der Waals surface area contributed by atoms with Gasteiger partial charge in [-0.3, -0.25) is 4.79 Å². The van der Waals surface area contributed by atoms with Crippen molar-refractivity contribution in [2.45, 2.75) is 19.2 Å². The first kappa shape index (κ1) is 19.6. The van der Waals surface area contributed by atoms with Crippen molar-refractivity contribution in [3.05, 3.63) is 59.7 Å². The van der Waals surface area contributed by atoms with Gasteiger partial charge >= 0.3 is 6.36 Å². The lowest BCUT2D eigenvalue weighted by atomic mass is 10.1.